The Morgan fingerprint density at radius 3 is 2.76 bits per heavy atom. The standard InChI is InChI=1S/C18H21N5O2/c1-2-14-10-13-11-23(18(25)22-16(13)21-14)15-6-4-12(5-7-15)17(24)20-9-3-8-19/h4-7,10-11H,2-3,8-9,19H2,1H3,(H,20,24)(H,21,22,25). The Labute approximate surface area is 144 Å². The highest BCUT2D eigenvalue weighted by molar-refractivity contribution is 5.94. The molecule has 0 aliphatic heterocycles. The van der Waals surface area contributed by atoms with E-state index in [1.165, 1.54) is 4.57 Å². The van der Waals surface area contributed by atoms with Gasteiger partial charge in [0.15, 0.2) is 0 Å². The monoisotopic (exact) mass is 339 g/mol. The average Bonchev–Trinajstić information content (AvgIpc) is 3.03. The van der Waals surface area contributed by atoms with Crippen LogP contribution < -0.4 is 16.7 Å². The van der Waals surface area contributed by atoms with Gasteiger partial charge in [-0.3, -0.25) is 9.36 Å². The molecule has 0 atom stereocenters. The topological polar surface area (TPSA) is 106 Å². The molecular formula is C18H21N5O2. The Bertz CT molecular complexity index is 940. The van der Waals surface area contributed by atoms with Crippen LogP contribution in [0.2, 0.25) is 0 Å². The Balaban J connectivity index is 1.86. The van der Waals surface area contributed by atoms with Gasteiger partial charge in [0.25, 0.3) is 5.91 Å². The van der Waals surface area contributed by atoms with E-state index < -0.39 is 0 Å². The summed E-state index contributed by atoms with van der Waals surface area (Å²) in [6, 6.07) is 8.84. The first kappa shape index (κ1) is 16.9. The van der Waals surface area contributed by atoms with Gasteiger partial charge < -0.3 is 16.0 Å². The van der Waals surface area contributed by atoms with Crippen LogP contribution in [0.4, 0.5) is 0 Å². The minimum Gasteiger partial charge on any atom is -0.352 e. The molecule has 0 aliphatic rings. The molecule has 0 bridgehead atoms. The van der Waals surface area contributed by atoms with Gasteiger partial charge in [-0.25, -0.2) is 4.79 Å². The van der Waals surface area contributed by atoms with E-state index in [9.17, 15) is 9.59 Å². The van der Waals surface area contributed by atoms with Crippen LogP contribution in [-0.4, -0.2) is 33.5 Å². The normalized spacial score (nSPS) is 11.0. The van der Waals surface area contributed by atoms with E-state index in [1.807, 2.05) is 13.0 Å². The number of carbonyl (C=O) groups excluding carboxylic acids is 1. The molecule has 1 aromatic carbocycles. The summed E-state index contributed by atoms with van der Waals surface area (Å²) in [7, 11) is 0. The van der Waals surface area contributed by atoms with Crippen molar-refractivity contribution < 1.29 is 4.79 Å². The summed E-state index contributed by atoms with van der Waals surface area (Å²) in [5.74, 6) is -0.154. The van der Waals surface area contributed by atoms with Gasteiger partial charge in [0.2, 0.25) is 0 Å². The van der Waals surface area contributed by atoms with E-state index in [2.05, 4.69) is 15.3 Å². The van der Waals surface area contributed by atoms with Crippen molar-refractivity contribution in [1.29, 1.82) is 0 Å². The Kier molecular flexibility index (Phi) is 4.95. The van der Waals surface area contributed by atoms with Gasteiger partial charge in [0.1, 0.15) is 5.65 Å². The van der Waals surface area contributed by atoms with Gasteiger partial charge in [-0.2, -0.15) is 4.98 Å². The number of rotatable bonds is 6. The second kappa shape index (κ2) is 7.31. The Hall–Kier alpha value is -2.93. The van der Waals surface area contributed by atoms with E-state index in [0.717, 1.165) is 23.9 Å². The van der Waals surface area contributed by atoms with Crippen molar-refractivity contribution >= 4 is 16.9 Å². The van der Waals surface area contributed by atoms with E-state index in [-0.39, 0.29) is 11.6 Å². The van der Waals surface area contributed by atoms with Crippen molar-refractivity contribution in [3.05, 3.63) is 58.3 Å². The highest BCUT2D eigenvalue weighted by atomic mass is 16.2. The summed E-state index contributed by atoms with van der Waals surface area (Å²) in [4.78, 5) is 31.5. The van der Waals surface area contributed by atoms with Crippen LogP contribution in [0.1, 0.15) is 29.4 Å². The molecule has 1 amide bonds. The largest absolute Gasteiger partial charge is 0.354 e. The van der Waals surface area contributed by atoms with E-state index in [0.29, 0.717) is 30.0 Å². The number of carbonyl (C=O) groups is 1. The van der Waals surface area contributed by atoms with E-state index in [4.69, 9.17) is 5.73 Å². The number of hydrogen-bond acceptors (Lipinski definition) is 4. The maximum absolute atomic E-state index is 12.3. The third kappa shape index (κ3) is 3.61. The molecule has 2 aromatic heterocycles. The predicted octanol–water partition coefficient (Wildman–Crippen LogP) is 1.35. The predicted molar refractivity (Wildman–Crippen MR) is 97.1 cm³/mol. The van der Waals surface area contributed by atoms with Crippen LogP contribution in [0.25, 0.3) is 16.7 Å². The molecule has 0 radical (unpaired) electrons. The molecule has 25 heavy (non-hydrogen) atoms. The van der Waals surface area contributed by atoms with Gasteiger partial charge in [-0.05, 0) is 49.7 Å². The third-order valence-corrected chi connectivity index (χ3v) is 4.02. The van der Waals surface area contributed by atoms with Crippen LogP contribution in [-0.2, 0) is 6.42 Å². The molecule has 0 aliphatic carbocycles. The number of aromatic nitrogens is 3. The number of nitrogens with zero attached hydrogens (tertiary/aromatic N) is 2. The molecule has 0 saturated carbocycles. The zero-order valence-electron chi connectivity index (χ0n) is 14.1. The maximum atomic E-state index is 12.3. The summed E-state index contributed by atoms with van der Waals surface area (Å²) in [5.41, 5.74) is 7.87. The molecule has 0 fully saturated rings. The molecule has 3 aromatic rings. The minimum atomic E-state index is -0.364. The fourth-order valence-corrected chi connectivity index (χ4v) is 2.61. The lowest BCUT2D eigenvalue weighted by Gasteiger charge is -2.07. The second-order valence-corrected chi connectivity index (χ2v) is 5.79. The number of nitrogens with two attached hydrogens (primary N) is 1. The SMILES string of the molecule is CCc1cc2cn(-c3ccc(C(=O)NCCCN)cc3)c(=O)nc2[nH]1. The first-order valence-corrected chi connectivity index (χ1v) is 8.32. The average molecular weight is 339 g/mol. The lowest BCUT2D eigenvalue weighted by molar-refractivity contribution is 0.0953. The van der Waals surface area contributed by atoms with Crippen LogP contribution >= 0.6 is 0 Å². The number of nitrogens with one attached hydrogen (secondary N) is 2. The van der Waals surface area contributed by atoms with Crippen LogP contribution in [0.3, 0.4) is 0 Å². The minimum absolute atomic E-state index is 0.154. The van der Waals surface area contributed by atoms with Gasteiger partial charge >= 0.3 is 5.69 Å². The number of hydrogen-bond donors (Lipinski definition) is 3. The Morgan fingerprint density at radius 1 is 1.32 bits per heavy atom. The Morgan fingerprint density at radius 2 is 2.08 bits per heavy atom. The van der Waals surface area contributed by atoms with Crippen molar-refractivity contribution in [3.8, 4) is 5.69 Å². The lowest BCUT2D eigenvalue weighted by atomic mass is 10.2. The quantitative estimate of drug-likeness (QED) is 0.590. The molecule has 7 nitrogen and oxygen atoms in total. The third-order valence-electron chi connectivity index (χ3n) is 4.02. The zero-order valence-corrected chi connectivity index (χ0v) is 14.1. The van der Waals surface area contributed by atoms with Crippen molar-refractivity contribution in [2.24, 2.45) is 5.73 Å². The molecule has 4 N–H and O–H groups in total. The highest BCUT2D eigenvalue weighted by Crippen LogP contribution is 2.14. The van der Waals surface area contributed by atoms with Gasteiger partial charge in [-0.1, -0.05) is 6.92 Å². The molecule has 130 valence electrons. The van der Waals surface area contributed by atoms with Crippen molar-refractivity contribution in [2.75, 3.05) is 13.1 Å². The molecule has 0 spiro atoms. The smallest absolute Gasteiger partial charge is 0.352 e. The molecule has 7 heteroatoms. The lowest BCUT2D eigenvalue weighted by Crippen LogP contribution is -2.26. The number of aromatic amines is 1. The number of aryl methyl sites for hydroxylation is 1. The number of H-pyrrole nitrogens is 1. The van der Waals surface area contributed by atoms with Crippen molar-refractivity contribution in [2.45, 2.75) is 19.8 Å². The molecule has 0 unspecified atom stereocenters. The number of benzene rings is 1. The van der Waals surface area contributed by atoms with Crippen molar-refractivity contribution in [1.82, 2.24) is 19.9 Å². The summed E-state index contributed by atoms with van der Waals surface area (Å²) in [5, 5.41) is 3.67. The highest BCUT2D eigenvalue weighted by Gasteiger charge is 2.09. The molecule has 2 heterocycles. The van der Waals surface area contributed by atoms with Gasteiger partial charge in [0.05, 0.1) is 5.69 Å². The second-order valence-electron chi connectivity index (χ2n) is 5.79. The molecule has 3 rings (SSSR count). The van der Waals surface area contributed by atoms with Gasteiger partial charge in [-0.15, -0.1) is 0 Å². The van der Waals surface area contributed by atoms with Crippen LogP contribution in [0.15, 0.2) is 41.3 Å². The summed E-state index contributed by atoms with van der Waals surface area (Å²) >= 11 is 0. The van der Waals surface area contributed by atoms with Gasteiger partial charge in [0, 0.05) is 29.4 Å². The van der Waals surface area contributed by atoms with E-state index in [1.54, 1.807) is 30.5 Å². The summed E-state index contributed by atoms with van der Waals surface area (Å²) in [6.07, 6.45) is 3.34. The zero-order chi connectivity index (χ0) is 17.8. The van der Waals surface area contributed by atoms with Crippen LogP contribution in [0.5, 0.6) is 0 Å². The summed E-state index contributed by atoms with van der Waals surface area (Å²) < 4.78 is 1.48. The maximum Gasteiger partial charge on any atom is 0.354 e. The first-order chi connectivity index (χ1) is 12.1. The van der Waals surface area contributed by atoms with Crippen LogP contribution in [0, 0.1) is 0 Å². The van der Waals surface area contributed by atoms with E-state index >= 15 is 0 Å². The number of fused-ring (bicyclic) bond motifs is 1. The summed E-state index contributed by atoms with van der Waals surface area (Å²) in [6.45, 7) is 3.12. The number of amides is 1. The molecule has 0 saturated heterocycles. The first-order valence-electron chi connectivity index (χ1n) is 8.32. The fraction of sp³-hybridized carbons (Fsp3) is 0.278. The molecular weight excluding hydrogens is 318 g/mol. The van der Waals surface area contributed by atoms with Crippen molar-refractivity contribution in [3.63, 3.8) is 0 Å². The fourth-order valence-electron chi connectivity index (χ4n) is 2.61.